The number of amidine groups is 2. The molecule has 0 radical (unpaired) electrons. The molecular weight excluding hydrogens is 512 g/mol. The van der Waals surface area contributed by atoms with Gasteiger partial charge in [-0.2, -0.15) is 0 Å². The van der Waals surface area contributed by atoms with E-state index < -0.39 is 6.04 Å². The molecule has 0 saturated carbocycles. The highest BCUT2D eigenvalue weighted by Gasteiger charge is 2.42. The quantitative estimate of drug-likeness (QED) is 0.498. The molecule has 3 heterocycles. The molecule has 3 aromatic rings. The molecule has 0 spiro atoms. The van der Waals surface area contributed by atoms with E-state index in [2.05, 4.69) is 10.3 Å². The fourth-order valence-corrected chi connectivity index (χ4v) is 5.46. The molecule has 6 rings (SSSR count). The van der Waals surface area contributed by atoms with Crippen molar-refractivity contribution in [3.63, 3.8) is 0 Å². The first-order valence-corrected chi connectivity index (χ1v) is 13.0. The molecule has 0 aromatic heterocycles. The van der Waals surface area contributed by atoms with Crippen molar-refractivity contribution >= 4 is 51.9 Å². The van der Waals surface area contributed by atoms with Gasteiger partial charge in [0.15, 0.2) is 16.7 Å². The number of benzene rings is 3. The molecule has 10 heteroatoms. The third kappa shape index (κ3) is 4.80. The van der Waals surface area contributed by atoms with Gasteiger partial charge in [-0.15, -0.1) is 0 Å². The van der Waals surface area contributed by atoms with Crippen LogP contribution in [-0.2, 0) is 21.9 Å². The molecule has 0 bridgehead atoms. The van der Waals surface area contributed by atoms with Crippen LogP contribution in [0, 0.1) is 0 Å². The van der Waals surface area contributed by atoms with E-state index in [1.807, 2.05) is 66.7 Å². The van der Waals surface area contributed by atoms with E-state index in [1.54, 1.807) is 0 Å². The Kier molecular flexibility index (Phi) is 6.31. The Bertz CT molecular complexity index is 1470. The Hall–Kier alpha value is -3.82. The Morgan fingerprint density at radius 1 is 1.05 bits per heavy atom. The van der Waals surface area contributed by atoms with E-state index in [1.165, 1.54) is 16.7 Å². The van der Waals surface area contributed by atoms with E-state index in [-0.39, 0.29) is 25.0 Å². The zero-order valence-electron chi connectivity index (χ0n) is 19.5. The van der Waals surface area contributed by atoms with Gasteiger partial charge in [0.05, 0.1) is 12.1 Å². The van der Waals surface area contributed by atoms with E-state index in [0.717, 1.165) is 22.4 Å². The van der Waals surface area contributed by atoms with Crippen molar-refractivity contribution in [1.82, 2.24) is 10.2 Å². The van der Waals surface area contributed by atoms with Crippen molar-refractivity contribution in [2.24, 2.45) is 9.98 Å². The van der Waals surface area contributed by atoms with Crippen LogP contribution in [-0.4, -0.2) is 40.6 Å². The van der Waals surface area contributed by atoms with E-state index >= 15 is 0 Å². The molecular formula is C27H21ClN4O4S. The van der Waals surface area contributed by atoms with Crippen LogP contribution in [0.4, 0.5) is 5.69 Å². The summed E-state index contributed by atoms with van der Waals surface area (Å²) in [6, 6.07) is 19.8. The van der Waals surface area contributed by atoms with E-state index in [0.29, 0.717) is 39.8 Å². The lowest BCUT2D eigenvalue weighted by Gasteiger charge is -2.25. The Morgan fingerprint density at radius 3 is 2.81 bits per heavy atom. The third-order valence-corrected chi connectivity index (χ3v) is 7.35. The van der Waals surface area contributed by atoms with Gasteiger partial charge in [-0.25, -0.2) is 9.89 Å². The monoisotopic (exact) mass is 532 g/mol. The lowest BCUT2D eigenvalue weighted by molar-refractivity contribution is -0.128. The molecule has 1 N–H and O–H groups in total. The van der Waals surface area contributed by atoms with Crippen LogP contribution >= 0.6 is 23.4 Å². The number of carbonyl (C=O) groups is 2. The maximum Gasteiger partial charge on any atom is 0.259 e. The highest BCUT2D eigenvalue weighted by Crippen LogP contribution is 2.35. The predicted molar refractivity (Wildman–Crippen MR) is 142 cm³/mol. The van der Waals surface area contributed by atoms with E-state index in [4.69, 9.17) is 26.1 Å². The van der Waals surface area contributed by atoms with Crippen molar-refractivity contribution < 1.29 is 19.1 Å². The minimum atomic E-state index is -0.824. The van der Waals surface area contributed by atoms with Crippen LogP contribution in [0.15, 0.2) is 76.7 Å². The predicted octanol–water partition coefficient (Wildman–Crippen LogP) is 4.67. The summed E-state index contributed by atoms with van der Waals surface area (Å²) in [6.45, 7) is 0.499. The molecule has 0 saturated heterocycles. The summed E-state index contributed by atoms with van der Waals surface area (Å²) in [5.74, 6) is 1.92. The topological polar surface area (TPSA) is 92.6 Å². The first-order valence-electron chi connectivity index (χ1n) is 11.7. The summed E-state index contributed by atoms with van der Waals surface area (Å²) in [6.07, 6.45) is -0.0577. The smallest absolute Gasteiger partial charge is 0.259 e. The van der Waals surface area contributed by atoms with Crippen LogP contribution in [0.2, 0.25) is 5.02 Å². The van der Waals surface area contributed by atoms with Crippen molar-refractivity contribution in [2.45, 2.75) is 24.8 Å². The lowest BCUT2D eigenvalue weighted by Crippen LogP contribution is -2.42. The normalized spacial score (nSPS) is 17.2. The summed E-state index contributed by atoms with van der Waals surface area (Å²) < 4.78 is 10.7. The number of para-hydroxylation sites is 1. The number of nitrogens with zero attached hydrogens (tertiary/aromatic N) is 3. The van der Waals surface area contributed by atoms with Crippen LogP contribution < -0.4 is 14.8 Å². The van der Waals surface area contributed by atoms with Crippen LogP contribution in [0.25, 0.3) is 0 Å². The fraction of sp³-hybridized carbons (Fsp3) is 0.185. The number of aliphatic imine (C=N–C) groups is 2. The zero-order valence-corrected chi connectivity index (χ0v) is 21.1. The average Bonchev–Trinajstić information content (AvgIpc) is 3.50. The molecule has 8 nitrogen and oxygen atoms in total. The van der Waals surface area contributed by atoms with Gasteiger partial charge in [0, 0.05) is 22.9 Å². The molecule has 1 atom stereocenters. The Morgan fingerprint density at radius 2 is 1.92 bits per heavy atom. The molecule has 2 amide bonds. The second-order valence-corrected chi connectivity index (χ2v) is 10.0. The average molecular weight is 533 g/mol. The lowest BCUT2D eigenvalue weighted by atomic mass is 10.1. The summed E-state index contributed by atoms with van der Waals surface area (Å²) in [7, 11) is 0. The number of nitrogens with one attached hydrogen (secondary N) is 1. The fourth-order valence-electron chi connectivity index (χ4n) is 4.31. The number of rotatable bonds is 6. The highest BCUT2D eigenvalue weighted by atomic mass is 35.5. The van der Waals surface area contributed by atoms with Crippen molar-refractivity contribution in [2.75, 3.05) is 6.79 Å². The van der Waals surface area contributed by atoms with Gasteiger partial charge >= 0.3 is 0 Å². The Balaban J connectivity index is 1.17. The molecule has 0 aliphatic carbocycles. The Labute approximate surface area is 222 Å². The van der Waals surface area contributed by atoms with Gasteiger partial charge in [-0.1, -0.05) is 53.7 Å². The minimum Gasteiger partial charge on any atom is -0.454 e. The number of fused-ring (bicyclic) bond motifs is 4. The number of hydrogen-bond donors (Lipinski definition) is 1. The van der Waals surface area contributed by atoms with E-state index in [9.17, 15) is 9.59 Å². The second kappa shape index (κ2) is 9.91. The third-order valence-electron chi connectivity index (χ3n) is 6.11. The van der Waals surface area contributed by atoms with Gasteiger partial charge in [-0.3, -0.25) is 14.6 Å². The van der Waals surface area contributed by atoms with Gasteiger partial charge in [0.25, 0.3) is 5.91 Å². The number of thioether (sulfide) groups is 1. The number of halogens is 1. The standard InChI is InChI=1S/C27H21ClN4O4S/c28-18-5-3-4-17(10-18)14-37-27-31-20-7-2-1-6-19(20)25-30-21(26(34)32(25)27)12-24(33)29-13-16-8-9-22-23(11-16)36-15-35-22/h1-11,21H,12-15H2,(H,29,33). The number of hydrogen-bond acceptors (Lipinski definition) is 7. The number of amides is 2. The molecule has 37 heavy (non-hydrogen) atoms. The maximum absolute atomic E-state index is 13.4. The second-order valence-electron chi connectivity index (χ2n) is 8.64. The first kappa shape index (κ1) is 23.6. The molecule has 0 fully saturated rings. The molecule has 3 aliphatic heterocycles. The molecule has 3 aromatic carbocycles. The minimum absolute atomic E-state index is 0.0577. The van der Waals surface area contributed by atoms with Crippen LogP contribution in [0.5, 0.6) is 11.5 Å². The SMILES string of the molecule is O=C(CC1N=C2c3ccccc3N=C(SCc3cccc(Cl)c3)N2C1=O)NCc1ccc2c(c1)OCO2. The summed E-state index contributed by atoms with van der Waals surface area (Å²) in [5, 5.41) is 4.06. The summed E-state index contributed by atoms with van der Waals surface area (Å²) in [5.41, 5.74) is 3.40. The van der Waals surface area contributed by atoms with Crippen molar-refractivity contribution in [1.29, 1.82) is 0 Å². The van der Waals surface area contributed by atoms with Gasteiger partial charge < -0.3 is 14.8 Å². The van der Waals surface area contributed by atoms with Crippen molar-refractivity contribution in [3.05, 3.63) is 88.4 Å². The first-order chi connectivity index (χ1) is 18.0. The number of ether oxygens (including phenoxy) is 2. The molecule has 1 unspecified atom stereocenters. The zero-order chi connectivity index (χ0) is 25.4. The molecule has 186 valence electrons. The largest absolute Gasteiger partial charge is 0.454 e. The summed E-state index contributed by atoms with van der Waals surface area (Å²) in [4.78, 5) is 37.2. The molecule has 3 aliphatic rings. The summed E-state index contributed by atoms with van der Waals surface area (Å²) >= 11 is 7.56. The van der Waals surface area contributed by atoms with Crippen LogP contribution in [0.3, 0.4) is 0 Å². The van der Waals surface area contributed by atoms with Gasteiger partial charge in [-0.05, 0) is 47.5 Å². The van der Waals surface area contributed by atoms with Crippen molar-refractivity contribution in [3.8, 4) is 11.5 Å². The highest BCUT2D eigenvalue weighted by molar-refractivity contribution is 8.13. The maximum atomic E-state index is 13.4. The van der Waals surface area contributed by atoms with Gasteiger partial charge in [0.2, 0.25) is 12.7 Å². The van der Waals surface area contributed by atoms with Crippen LogP contribution in [0.1, 0.15) is 23.1 Å². The van der Waals surface area contributed by atoms with Gasteiger partial charge in [0.1, 0.15) is 11.9 Å². The number of carbonyl (C=O) groups excluding carboxylic acids is 2.